The molecule has 1 aromatic heterocycles. The Kier molecular flexibility index (Phi) is 5.09. The van der Waals surface area contributed by atoms with Gasteiger partial charge in [0.2, 0.25) is 5.91 Å². The molecular weight excluding hydrogens is 346 g/mol. The molecule has 2 amide bonds. The van der Waals surface area contributed by atoms with Crippen LogP contribution in [-0.2, 0) is 24.2 Å². The quantitative estimate of drug-likeness (QED) is 0.892. The normalized spacial score (nSPS) is 17.0. The number of benzene rings is 1. The van der Waals surface area contributed by atoms with E-state index in [1.54, 1.807) is 6.07 Å². The number of nitrogens with one attached hydrogen (secondary N) is 1. The fourth-order valence-electron chi connectivity index (χ4n) is 3.58. The molecule has 0 unspecified atom stereocenters. The van der Waals surface area contributed by atoms with E-state index >= 15 is 0 Å². The summed E-state index contributed by atoms with van der Waals surface area (Å²) in [4.78, 5) is 25.7. The van der Waals surface area contributed by atoms with Gasteiger partial charge in [-0.1, -0.05) is 11.2 Å². The molecule has 1 aromatic carbocycles. The molecule has 27 heavy (non-hydrogen) atoms. The van der Waals surface area contributed by atoms with Gasteiger partial charge in [-0.15, -0.1) is 0 Å². The van der Waals surface area contributed by atoms with E-state index in [0.29, 0.717) is 18.8 Å². The van der Waals surface area contributed by atoms with Crippen molar-refractivity contribution in [3.63, 3.8) is 0 Å². The van der Waals surface area contributed by atoms with Crippen LogP contribution in [0.25, 0.3) is 0 Å². The van der Waals surface area contributed by atoms with E-state index in [4.69, 9.17) is 9.26 Å². The van der Waals surface area contributed by atoms with Crippen LogP contribution in [0.3, 0.4) is 0 Å². The van der Waals surface area contributed by atoms with Gasteiger partial charge >= 0.3 is 0 Å². The minimum Gasteiger partial charge on any atom is -0.486 e. The fraction of sp³-hybridized carbons (Fsp3) is 0.450. The van der Waals surface area contributed by atoms with Gasteiger partial charge < -0.3 is 19.5 Å². The standard InChI is InChI=1S/C20H23N3O4/c24-19-12-23(9-3-8-21-19)20(25)18-11-17(27-22-18)13-26-16-7-6-14-4-1-2-5-15(14)10-16/h6-7,10-11H,1-5,8-9,12-13H2,(H,21,24). The van der Waals surface area contributed by atoms with E-state index in [-0.39, 0.29) is 30.7 Å². The smallest absolute Gasteiger partial charge is 0.276 e. The van der Waals surface area contributed by atoms with Crippen molar-refractivity contribution in [2.24, 2.45) is 0 Å². The predicted molar refractivity (Wildman–Crippen MR) is 97.4 cm³/mol. The highest BCUT2D eigenvalue weighted by Crippen LogP contribution is 2.25. The highest BCUT2D eigenvalue weighted by molar-refractivity contribution is 5.95. The molecule has 1 aliphatic carbocycles. The zero-order chi connectivity index (χ0) is 18.6. The molecule has 2 aromatic rings. The molecule has 1 N–H and O–H groups in total. The first-order chi connectivity index (χ1) is 13.2. The maximum Gasteiger partial charge on any atom is 0.276 e. The third-order valence-corrected chi connectivity index (χ3v) is 5.03. The highest BCUT2D eigenvalue weighted by Gasteiger charge is 2.24. The molecule has 2 aliphatic rings. The molecule has 0 radical (unpaired) electrons. The van der Waals surface area contributed by atoms with Crippen LogP contribution in [0.1, 0.15) is 46.6 Å². The molecule has 0 spiro atoms. The predicted octanol–water partition coefficient (Wildman–Crippen LogP) is 2.09. The van der Waals surface area contributed by atoms with Gasteiger partial charge in [-0.25, -0.2) is 0 Å². The Morgan fingerprint density at radius 1 is 1.19 bits per heavy atom. The lowest BCUT2D eigenvalue weighted by Gasteiger charge is -2.17. The van der Waals surface area contributed by atoms with Gasteiger partial charge in [0, 0.05) is 19.2 Å². The number of carbonyl (C=O) groups excluding carboxylic acids is 2. The van der Waals surface area contributed by atoms with E-state index in [9.17, 15) is 9.59 Å². The zero-order valence-corrected chi connectivity index (χ0v) is 15.2. The van der Waals surface area contributed by atoms with Crippen LogP contribution >= 0.6 is 0 Å². The van der Waals surface area contributed by atoms with Crippen LogP contribution < -0.4 is 10.1 Å². The van der Waals surface area contributed by atoms with Gasteiger partial charge in [0.05, 0.1) is 6.54 Å². The van der Waals surface area contributed by atoms with Crippen molar-refractivity contribution in [1.82, 2.24) is 15.4 Å². The largest absolute Gasteiger partial charge is 0.486 e. The maximum atomic E-state index is 12.5. The molecule has 142 valence electrons. The lowest BCUT2D eigenvalue weighted by atomic mass is 9.92. The topological polar surface area (TPSA) is 84.7 Å². The highest BCUT2D eigenvalue weighted by atomic mass is 16.5. The summed E-state index contributed by atoms with van der Waals surface area (Å²) in [5, 5.41) is 6.60. The second kappa shape index (κ2) is 7.82. The Morgan fingerprint density at radius 2 is 2.04 bits per heavy atom. The van der Waals surface area contributed by atoms with Crippen molar-refractivity contribution in [3.05, 3.63) is 46.8 Å². The van der Waals surface area contributed by atoms with Crippen LogP contribution in [-0.4, -0.2) is 41.5 Å². The lowest BCUT2D eigenvalue weighted by molar-refractivity contribution is -0.121. The van der Waals surface area contributed by atoms with E-state index < -0.39 is 0 Å². The van der Waals surface area contributed by atoms with Crippen LogP contribution in [0.15, 0.2) is 28.8 Å². The Labute approximate surface area is 157 Å². The zero-order valence-electron chi connectivity index (χ0n) is 15.2. The summed E-state index contributed by atoms with van der Waals surface area (Å²) in [7, 11) is 0. The van der Waals surface area contributed by atoms with Gasteiger partial charge in [-0.3, -0.25) is 9.59 Å². The van der Waals surface area contributed by atoms with Gasteiger partial charge in [0.1, 0.15) is 12.4 Å². The van der Waals surface area contributed by atoms with E-state index in [1.807, 2.05) is 6.07 Å². The van der Waals surface area contributed by atoms with E-state index in [0.717, 1.165) is 25.0 Å². The Hall–Kier alpha value is -2.83. The summed E-state index contributed by atoms with van der Waals surface area (Å²) in [5.74, 6) is 0.829. The molecule has 4 rings (SSSR count). The van der Waals surface area contributed by atoms with Crippen LogP contribution in [0.5, 0.6) is 5.75 Å². The molecule has 0 saturated carbocycles. The average molecular weight is 369 g/mol. The Balaban J connectivity index is 1.38. The maximum absolute atomic E-state index is 12.5. The first-order valence-electron chi connectivity index (χ1n) is 9.45. The van der Waals surface area contributed by atoms with Crippen molar-refractivity contribution in [2.75, 3.05) is 19.6 Å². The number of aryl methyl sites for hydroxylation is 2. The molecule has 7 nitrogen and oxygen atoms in total. The van der Waals surface area contributed by atoms with Crippen molar-refractivity contribution in [2.45, 2.75) is 38.7 Å². The Bertz CT molecular complexity index is 846. The summed E-state index contributed by atoms with van der Waals surface area (Å²) < 4.78 is 11.1. The van der Waals surface area contributed by atoms with Crippen molar-refractivity contribution in [3.8, 4) is 5.75 Å². The van der Waals surface area contributed by atoms with Crippen molar-refractivity contribution < 1.29 is 18.8 Å². The monoisotopic (exact) mass is 369 g/mol. The summed E-state index contributed by atoms with van der Waals surface area (Å²) in [6, 6.07) is 7.78. The van der Waals surface area contributed by atoms with E-state index in [2.05, 4.69) is 22.6 Å². The number of nitrogens with zero attached hydrogens (tertiary/aromatic N) is 2. The van der Waals surface area contributed by atoms with Crippen molar-refractivity contribution >= 4 is 11.8 Å². The number of fused-ring (bicyclic) bond motifs is 1. The minimum absolute atomic E-state index is 0.0483. The lowest BCUT2D eigenvalue weighted by Crippen LogP contribution is -2.37. The minimum atomic E-state index is -0.296. The number of carbonyl (C=O) groups is 2. The van der Waals surface area contributed by atoms with Crippen LogP contribution in [0, 0.1) is 0 Å². The van der Waals surface area contributed by atoms with Crippen molar-refractivity contribution in [1.29, 1.82) is 0 Å². The Morgan fingerprint density at radius 3 is 2.93 bits per heavy atom. The second-order valence-corrected chi connectivity index (χ2v) is 7.03. The summed E-state index contributed by atoms with van der Waals surface area (Å²) in [6.07, 6.45) is 5.43. The van der Waals surface area contributed by atoms with Crippen LogP contribution in [0.2, 0.25) is 0 Å². The summed E-state index contributed by atoms with van der Waals surface area (Å²) >= 11 is 0. The average Bonchev–Trinajstić information content (AvgIpc) is 3.06. The third-order valence-electron chi connectivity index (χ3n) is 5.03. The number of hydrogen-bond donors (Lipinski definition) is 1. The van der Waals surface area contributed by atoms with Gasteiger partial charge in [0.25, 0.3) is 5.91 Å². The number of rotatable bonds is 4. The molecule has 2 heterocycles. The second-order valence-electron chi connectivity index (χ2n) is 7.03. The fourth-order valence-corrected chi connectivity index (χ4v) is 3.58. The molecule has 1 saturated heterocycles. The van der Waals surface area contributed by atoms with Gasteiger partial charge in [-0.2, -0.15) is 0 Å². The molecule has 1 aliphatic heterocycles. The van der Waals surface area contributed by atoms with Crippen LogP contribution in [0.4, 0.5) is 0 Å². The molecule has 0 bridgehead atoms. The SMILES string of the molecule is O=C1CN(C(=O)c2cc(COc3ccc4c(c3)CCCC4)on2)CCCN1. The number of amides is 2. The summed E-state index contributed by atoms with van der Waals surface area (Å²) in [6.45, 7) is 1.36. The van der Waals surface area contributed by atoms with Gasteiger partial charge in [0.15, 0.2) is 11.5 Å². The first kappa shape index (κ1) is 17.6. The molecular formula is C20H23N3O4. The number of ether oxygens (including phenoxy) is 1. The molecule has 1 fully saturated rings. The third kappa shape index (κ3) is 4.13. The number of aromatic nitrogens is 1. The molecule has 7 heteroatoms. The number of hydrogen-bond acceptors (Lipinski definition) is 5. The van der Waals surface area contributed by atoms with Gasteiger partial charge in [-0.05, 0) is 55.4 Å². The first-order valence-corrected chi connectivity index (χ1v) is 9.45. The summed E-state index contributed by atoms with van der Waals surface area (Å²) in [5.41, 5.74) is 2.96. The molecule has 0 atom stereocenters. The van der Waals surface area contributed by atoms with E-state index in [1.165, 1.54) is 28.9 Å².